The third-order valence-electron chi connectivity index (χ3n) is 2.81. The van der Waals surface area contributed by atoms with Crippen molar-refractivity contribution in [1.82, 2.24) is 0 Å². The fourth-order valence-electron chi connectivity index (χ4n) is 1.87. The maximum atomic E-state index is 2.39. The van der Waals surface area contributed by atoms with Crippen LogP contribution in [-0.4, -0.2) is 0 Å². The predicted molar refractivity (Wildman–Crippen MR) is 55.2 cm³/mol. The molecule has 70 valence electrons. The summed E-state index contributed by atoms with van der Waals surface area (Å²) in [5.41, 5.74) is 0. The third-order valence-corrected chi connectivity index (χ3v) is 2.81. The summed E-state index contributed by atoms with van der Waals surface area (Å²) in [5.74, 6) is 0.952. The van der Waals surface area contributed by atoms with Crippen LogP contribution in [0.25, 0.3) is 0 Å². The minimum atomic E-state index is 0.952. The molecule has 0 heteroatoms. The Balaban J connectivity index is 2.22. The Kier molecular flexibility index (Phi) is 5.14. The van der Waals surface area contributed by atoms with Crippen LogP contribution in [0.3, 0.4) is 0 Å². The third kappa shape index (κ3) is 4.58. The second-order valence-corrected chi connectivity index (χ2v) is 4.15. The molecule has 0 radical (unpaired) electrons. The van der Waals surface area contributed by atoms with Crippen molar-refractivity contribution in [2.75, 3.05) is 0 Å². The van der Waals surface area contributed by atoms with E-state index in [2.05, 4.69) is 19.1 Å². The Morgan fingerprint density at radius 3 is 2.50 bits per heavy atom. The highest BCUT2D eigenvalue weighted by Gasteiger charge is 2.01. The molecule has 0 N–H and O–H groups in total. The number of hydrogen-bond donors (Lipinski definition) is 0. The lowest BCUT2D eigenvalue weighted by Gasteiger charge is -2.08. The molecule has 1 rings (SSSR count). The van der Waals surface area contributed by atoms with Gasteiger partial charge < -0.3 is 0 Å². The molecule has 1 aliphatic carbocycles. The monoisotopic (exact) mass is 166 g/mol. The first-order valence-corrected chi connectivity index (χ1v) is 5.54. The van der Waals surface area contributed by atoms with Crippen LogP contribution in [-0.2, 0) is 0 Å². The van der Waals surface area contributed by atoms with Gasteiger partial charge >= 0.3 is 0 Å². The Hall–Kier alpha value is -0.260. The standard InChI is InChI=1S/C12H22/c1-12-10-8-6-4-2-3-5-7-9-11-12/h4,6,12H,2-3,5,7-11H2,1H3/b6-4-. The first-order valence-electron chi connectivity index (χ1n) is 5.54. The predicted octanol–water partition coefficient (Wildman–Crippen LogP) is 4.31. The largest absolute Gasteiger partial charge is 0.0885 e. The highest BCUT2D eigenvalue weighted by Crippen LogP contribution is 2.17. The van der Waals surface area contributed by atoms with Crippen LogP contribution in [0, 0.1) is 5.92 Å². The number of rotatable bonds is 0. The molecule has 1 aliphatic rings. The van der Waals surface area contributed by atoms with Gasteiger partial charge in [-0.05, 0) is 31.6 Å². The zero-order chi connectivity index (χ0) is 8.65. The van der Waals surface area contributed by atoms with Crippen LogP contribution in [0.5, 0.6) is 0 Å². The summed E-state index contributed by atoms with van der Waals surface area (Å²) in [6.45, 7) is 2.39. The van der Waals surface area contributed by atoms with E-state index in [-0.39, 0.29) is 0 Å². The highest BCUT2D eigenvalue weighted by molar-refractivity contribution is 4.82. The van der Waals surface area contributed by atoms with Gasteiger partial charge in [0.05, 0.1) is 0 Å². The van der Waals surface area contributed by atoms with E-state index in [0.29, 0.717) is 0 Å². The van der Waals surface area contributed by atoms with Gasteiger partial charge in [0.2, 0.25) is 0 Å². The van der Waals surface area contributed by atoms with Gasteiger partial charge in [-0.3, -0.25) is 0 Å². The van der Waals surface area contributed by atoms with Gasteiger partial charge in [-0.2, -0.15) is 0 Å². The molecule has 0 nitrogen and oxygen atoms in total. The van der Waals surface area contributed by atoms with Gasteiger partial charge in [0, 0.05) is 0 Å². The number of allylic oxidation sites excluding steroid dienone is 2. The van der Waals surface area contributed by atoms with Crippen LogP contribution in [0.4, 0.5) is 0 Å². The minimum absolute atomic E-state index is 0.952. The average molecular weight is 166 g/mol. The lowest BCUT2D eigenvalue weighted by atomic mass is 9.98. The molecule has 0 fully saturated rings. The molecule has 0 amide bonds. The lowest BCUT2D eigenvalue weighted by Crippen LogP contribution is -1.93. The summed E-state index contributed by atoms with van der Waals surface area (Å²) in [7, 11) is 0. The first kappa shape index (κ1) is 9.83. The van der Waals surface area contributed by atoms with Crippen LogP contribution in [0.15, 0.2) is 12.2 Å². The van der Waals surface area contributed by atoms with Crippen molar-refractivity contribution in [2.45, 2.75) is 58.3 Å². The Morgan fingerprint density at radius 2 is 1.58 bits per heavy atom. The van der Waals surface area contributed by atoms with Crippen LogP contribution in [0.2, 0.25) is 0 Å². The quantitative estimate of drug-likeness (QED) is 0.470. The fraction of sp³-hybridized carbons (Fsp3) is 0.833. The van der Waals surface area contributed by atoms with Gasteiger partial charge in [-0.15, -0.1) is 0 Å². The van der Waals surface area contributed by atoms with E-state index >= 15 is 0 Å². The Labute approximate surface area is 77.1 Å². The summed E-state index contributed by atoms with van der Waals surface area (Å²) in [6.07, 6.45) is 16.0. The average Bonchev–Trinajstić information content (AvgIpc) is 2.11. The molecule has 0 aromatic heterocycles. The van der Waals surface area contributed by atoms with Crippen molar-refractivity contribution in [3.05, 3.63) is 12.2 Å². The van der Waals surface area contributed by atoms with Gasteiger partial charge in [0.15, 0.2) is 0 Å². The van der Waals surface area contributed by atoms with E-state index in [0.717, 1.165) is 5.92 Å². The normalized spacial score (nSPS) is 30.6. The topological polar surface area (TPSA) is 0 Å². The van der Waals surface area contributed by atoms with Crippen LogP contribution >= 0.6 is 0 Å². The maximum absolute atomic E-state index is 2.39. The Morgan fingerprint density at radius 1 is 0.833 bits per heavy atom. The molecule has 12 heavy (non-hydrogen) atoms. The first-order chi connectivity index (χ1) is 5.89. The zero-order valence-electron chi connectivity index (χ0n) is 8.39. The van der Waals surface area contributed by atoms with Crippen LogP contribution < -0.4 is 0 Å². The zero-order valence-corrected chi connectivity index (χ0v) is 8.39. The van der Waals surface area contributed by atoms with Gasteiger partial charge in [-0.1, -0.05) is 44.8 Å². The molecule has 0 aliphatic heterocycles. The van der Waals surface area contributed by atoms with E-state index in [1.165, 1.54) is 51.4 Å². The molecule has 0 saturated heterocycles. The van der Waals surface area contributed by atoms with Crippen molar-refractivity contribution in [1.29, 1.82) is 0 Å². The molecule has 0 bridgehead atoms. The SMILES string of the molecule is CC1CC/C=C\CCCCCC1. The summed E-state index contributed by atoms with van der Waals surface area (Å²) in [4.78, 5) is 0. The maximum Gasteiger partial charge on any atom is -0.0348 e. The summed E-state index contributed by atoms with van der Waals surface area (Å²) in [5, 5.41) is 0. The van der Waals surface area contributed by atoms with Crippen molar-refractivity contribution < 1.29 is 0 Å². The summed E-state index contributed by atoms with van der Waals surface area (Å²) >= 11 is 0. The second-order valence-electron chi connectivity index (χ2n) is 4.15. The smallest absolute Gasteiger partial charge is 0.0348 e. The molecular formula is C12H22. The molecular weight excluding hydrogens is 144 g/mol. The van der Waals surface area contributed by atoms with E-state index in [4.69, 9.17) is 0 Å². The van der Waals surface area contributed by atoms with E-state index < -0.39 is 0 Å². The van der Waals surface area contributed by atoms with Crippen molar-refractivity contribution in [2.24, 2.45) is 5.92 Å². The molecule has 0 saturated carbocycles. The summed E-state index contributed by atoms with van der Waals surface area (Å²) in [6, 6.07) is 0. The van der Waals surface area contributed by atoms with Crippen molar-refractivity contribution >= 4 is 0 Å². The molecule has 1 unspecified atom stereocenters. The second kappa shape index (κ2) is 6.28. The van der Waals surface area contributed by atoms with Gasteiger partial charge in [0.25, 0.3) is 0 Å². The molecule has 0 spiro atoms. The van der Waals surface area contributed by atoms with E-state index in [9.17, 15) is 0 Å². The van der Waals surface area contributed by atoms with Crippen molar-refractivity contribution in [3.8, 4) is 0 Å². The summed E-state index contributed by atoms with van der Waals surface area (Å²) < 4.78 is 0. The Bertz CT molecular complexity index is 124. The van der Waals surface area contributed by atoms with Crippen LogP contribution in [0.1, 0.15) is 58.3 Å². The minimum Gasteiger partial charge on any atom is -0.0885 e. The molecule has 1 atom stereocenters. The van der Waals surface area contributed by atoms with Gasteiger partial charge in [-0.25, -0.2) is 0 Å². The molecule has 0 aromatic carbocycles. The van der Waals surface area contributed by atoms with Crippen molar-refractivity contribution in [3.63, 3.8) is 0 Å². The highest BCUT2D eigenvalue weighted by atomic mass is 14.1. The number of hydrogen-bond acceptors (Lipinski definition) is 0. The van der Waals surface area contributed by atoms with E-state index in [1.807, 2.05) is 0 Å². The molecule has 0 heterocycles. The van der Waals surface area contributed by atoms with Gasteiger partial charge in [0.1, 0.15) is 0 Å². The van der Waals surface area contributed by atoms with E-state index in [1.54, 1.807) is 0 Å². The molecule has 0 aromatic rings. The fourth-order valence-corrected chi connectivity index (χ4v) is 1.87. The lowest BCUT2D eigenvalue weighted by molar-refractivity contribution is 0.464.